The van der Waals surface area contributed by atoms with Crippen molar-refractivity contribution in [3.8, 4) is 66.7 Å². The Hall–Kier alpha value is -5.06. The van der Waals surface area contributed by atoms with Gasteiger partial charge in [-0.05, 0) is 75.0 Å². The lowest BCUT2D eigenvalue weighted by atomic mass is 9.91. The molecule has 0 N–H and O–H groups in total. The molecular weight excluding hydrogens is 508 g/mol. The Labute approximate surface area is 236 Å². The van der Waals surface area contributed by atoms with Crippen LogP contribution in [0.5, 0.6) is 11.5 Å². The molecule has 0 fully saturated rings. The minimum Gasteiger partial charge on any atom is -0.457 e. The first-order chi connectivity index (χ1) is 19.8. The number of hydrogen-bond acceptors (Lipinski definition) is 4. The Balaban J connectivity index is 1.42. The van der Waals surface area contributed by atoms with E-state index in [9.17, 15) is 0 Å². The summed E-state index contributed by atoms with van der Waals surface area (Å²) in [7, 11) is 0. The molecule has 0 unspecified atom stereocenters. The number of fused-ring (bicyclic) bond motifs is 5. The lowest BCUT2D eigenvalue weighted by molar-refractivity contribution is 0.485. The molecule has 188 valence electrons. The maximum Gasteiger partial charge on any atom is 0.136 e. The van der Waals surface area contributed by atoms with Gasteiger partial charge in [0.2, 0.25) is 0 Å². The standard InChI is InChI=1S/C36H22N2OS/c1-2-13-28-27(12-1)29-14-6-8-23-9-7-15-30(34(23)29)35-31(28)21-25(36-38-18-19-40-36)22-33(35)39-26-11-5-10-24(20-26)32-16-3-4-17-37-32/h1-22H. The SMILES string of the molecule is c1ccc(-c2cccc(Oc3cc(-c4nccs4)cc4c3-c3cccc5cccc(c35)-c3ccccc3-4)c2)nc1. The number of nitrogens with zero attached hydrogens (tertiary/aromatic N) is 2. The van der Waals surface area contributed by atoms with E-state index in [0.717, 1.165) is 44.5 Å². The fraction of sp³-hybridized carbons (Fsp3) is 0. The molecule has 40 heavy (non-hydrogen) atoms. The third-order valence-electron chi connectivity index (χ3n) is 7.49. The Morgan fingerprint density at radius 3 is 2.12 bits per heavy atom. The van der Waals surface area contributed by atoms with Crippen molar-refractivity contribution in [1.29, 1.82) is 0 Å². The van der Waals surface area contributed by atoms with Crippen LogP contribution in [0.25, 0.3) is 66.0 Å². The summed E-state index contributed by atoms with van der Waals surface area (Å²) in [6.07, 6.45) is 3.67. The van der Waals surface area contributed by atoms with Gasteiger partial charge in [-0.2, -0.15) is 0 Å². The number of rotatable bonds is 4. The summed E-state index contributed by atoms with van der Waals surface area (Å²) in [5, 5.41) is 5.44. The summed E-state index contributed by atoms with van der Waals surface area (Å²) in [4.78, 5) is 9.19. The highest BCUT2D eigenvalue weighted by Gasteiger charge is 2.25. The maximum atomic E-state index is 6.84. The highest BCUT2D eigenvalue weighted by molar-refractivity contribution is 7.13. The van der Waals surface area contributed by atoms with Crippen LogP contribution in [0, 0.1) is 0 Å². The number of pyridine rings is 1. The van der Waals surface area contributed by atoms with E-state index in [2.05, 4.69) is 94.9 Å². The van der Waals surface area contributed by atoms with Crippen LogP contribution in [-0.2, 0) is 0 Å². The molecule has 0 atom stereocenters. The van der Waals surface area contributed by atoms with Gasteiger partial charge >= 0.3 is 0 Å². The predicted molar refractivity (Wildman–Crippen MR) is 165 cm³/mol. The second kappa shape index (κ2) is 9.30. The first-order valence-electron chi connectivity index (χ1n) is 13.2. The molecule has 2 aromatic heterocycles. The molecule has 3 nitrogen and oxygen atoms in total. The molecule has 0 bridgehead atoms. The van der Waals surface area contributed by atoms with E-state index in [4.69, 9.17) is 4.74 Å². The van der Waals surface area contributed by atoms with Crippen LogP contribution in [-0.4, -0.2) is 9.97 Å². The van der Waals surface area contributed by atoms with Gasteiger partial charge in [0.1, 0.15) is 16.5 Å². The minimum absolute atomic E-state index is 0.764. The predicted octanol–water partition coefficient (Wildman–Crippen LogP) is 10.1. The molecule has 0 spiro atoms. The molecule has 8 rings (SSSR count). The summed E-state index contributed by atoms with van der Waals surface area (Å²) in [5.74, 6) is 1.57. The minimum atomic E-state index is 0.764. The van der Waals surface area contributed by atoms with E-state index in [1.807, 2.05) is 48.1 Å². The second-order valence-electron chi connectivity index (χ2n) is 9.83. The zero-order valence-electron chi connectivity index (χ0n) is 21.4. The zero-order chi connectivity index (χ0) is 26.5. The normalized spacial score (nSPS) is 11.5. The van der Waals surface area contributed by atoms with Crippen LogP contribution in [0.4, 0.5) is 0 Å². The Kier molecular flexibility index (Phi) is 5.32. The molecule has 2 heterocycles. The topological polar surface area (TPSA) is 35.0 Å². The second-order valence-corrected chi connectivity index (χ2v) is 10.7. The largest absolute Gasteiger partial charge is 0.457 e. The van der Waals surface area contributed by atoms with Crippen LogP contribution in [0.3, 0.4) is 0 Å². The van der Waals surface area contributed by atoms with Crippen molar-refractivity contribution in [3.63, 3.8) is 0 Å². The van der Waals surface area contributed by atoms with Gasteiger partial charge in [0.15, 0.2) is 0 Å². The molecule has 4 heteroatoms. The van der Waals surface area contributed by atoms with E-state index < -0.39 is 0 Å². The van der Waals surface area contributed by atoms with Crippen LogP contribution < -0.4 is 4.74 Å². The summed E-state index contributed by atoms with van der Waals surface area (Å²) >= 11 is 1.63. The molecule has 5 aromatic carbocycles. The highest BCUT2D eigenvalue weighted by atomic mass is 32.1. The molecule has 1 aliphatic carbocycles. The molecule has 0 radical (unpaired) electrons. The number of benzene rings is 5. The number of aromatic nitrogens is 2. The van der Waals surface area contributed by atoms with Gasteiger partial charge in [-0.15, -0.1) is 11.3 Å². The monoisotopic (exact) mass is 530 g/mol. The van der Waals surface area contributed by atoms with Crippen molar-refractivity contribution in [1.82, 2.24) is 9.97 Å². The Morgan fingerprint density at radius 1 is 0.550 bits per heavy atom. The average Bonchev–Trinajstić information content (AvgIpc) is 3.53. The number of hydrogen-bond donors (Lipinski definition) is 0. The fourth-order valence-corrected chi connectivity index (χ4v) is 6.41. The third kappa shape index (κ3) is 3.73. The molecule has 0 saturated heterocycles. The van der Waals surface area contributed by atoms with Crippen molar-refractivity contribution in [2.75, 3.05) is 0 Å². The van der Waals surface area contributed by atoms with E-state index in [1.165, 1.54) is 33.0 Å². The summed E-state index contributed by atoms with van der Waals surface area (Å²) in [5.41, 5.74) is 10.0. The van der Waals surface area contributed by atoms with Crippen LogP contribution in [0.2, 0.25) is 0 Å². The molecule has 1 aliphatic rings. The molecule has 0 aliphatic heterocycles. The Bertz CT molecular complexity index is 2030. The van der Waals surface area contributed by atoms with Gasteiger partial charge in [0.05, 0.1) is 5.69 Å². The van der Waals surface area contributed by atoms with E-state index in [1.54, 1.807) is 11.3 Å². The van der Waals surface area contributed by atoms with Crippen molar-refractivity contribution in [2.24, 2.45) is 0 Å². The summed E-state index contributed by atoms with van der Waals surface area (Å²) in [6, 6.07) is 40.3. The highest BCUT2D eigenvalue weighted by Crippen LogP contribution is 2.52. The average molecular weight is 531 g/mol. The van der Waals surface area contributed by atoms with Crippen molar-refractivity contribution in [2.45, 2.75) is 0 Å². The van der Waals surface area contributed by atoms with Crippen molar-refractivity contribution < 1.29 is 4.74 Å². The first kappa shape index (κ1) is 22.9. The van der Waals surface area contributed by atoms with Crippen LogP contribution >= 0.6 is 11.3 Å². The van der Waals surface area contributed by atoms with Gasteiger partial charge < -0.3 is 4.74 Å². The van der Waals surface area contributed by atoms with Gasteiger partial charge in [-0.3, -0.25) is 4.98 Å². The lowest BCUT2D eigenvalue weighted by Crippen LogP contribution is -1.94. The number of thiazole rings is 1. The quantitative estimate of drug-likeness (QED) is 0.227. The maximum absolute atomic E-state index is 6.84. The number of ether oxygens (including phenoxy) is 1. The summed E-state index contributed by atoms with van der Waals surface area (Å²) in [6.45, 7) is 0. The fourth-order valence-electron chi connectivity index (χ4n) is 5.78. The van der Waals surface area contributed by atoms with E-state index in [0.29, 0.717) is 0 Å². The smallest absolute Gasteiger partial charge is 0.136 e. The van der Waals surface area contributed by atoms with Crippen molar-refractivity contribution >= 4 is 22.1 Å². The molecule has 0 amide bonds. The molecule has 0 saturated carbocycles. The van der Waals surface area contributed by atoms with Crippen molar-refractivity contribution in [3.05, 3.63) is 133 Å². The third-order valence-corrected chi connectivity index (χ3v) is 8.31. The Morgan fingerprint density at radius 2 is 1.32 bits per heavy atom. The van der Waals surface area contributed by atoms with Gasteiger partial charge in [0.25, 0.3) is 0 Å². The lowest BCUT2D eigenvalue weighted by Gasteiger charge is -2.18. The summed E-state index contributed by atoms with van der Waals surface area (Å²) < 4.78 is 6.84. The van der Waals surface area contributed by atoms with Gasteiger partial charge in [-0.25, -0.2) is 4.98 Å². The van der Waals surface area contributed by atoms with Crippen LogP contribution in [0.1, 0.15) is 0 Å². The van der Waals surface area contributed by atoms with Crippen LogP contribution in [0.15, 0.2) is 133 Å². The molecule has 7 aromatic rings. The zero-order valence-corrected chi connectivity index (χ0v) is 22.2. The van der Waals surface area contributed by atoms with Gasteiger partial charge in [-0.1, -0.05) is 78.9 Å². The van der Waals surface area contributed by atoms with Gasteiger partial charge in [0, 0.05) is 34.5 Å². The first-order valence-corrected chi connectivity index (χ1v) is 14.1. The van der Waals surface area contributed by atoms with E-state index >= 15 is 0 Å². The van der Waals surface area contributed by atoms with E-state index in [-0.39, 0.29) is 0 Å². The molecular formula is C36H22N2OS.